The topological polar surface area (TPSA) is 50.7 Å². The van der Waals surface area contributed by atoms with E-state index in [1.165, 1.54) is 6.20 Å². The first-order chi connectivity index (χ1) is 5.34. The fourth-order valence-corrected chi connectivity index (χ4v) is 0.841. The molecule has 0 aliphatic rings. The normalized spacial score (nSPS) is 9.00. The molecule has 0 spiro atoms. The molecule has 0 saturated carbocycles. The van der Waals surface area contributed by atoms with Crippen LogP contribution in [-0.2, 0) is 6.42 Å². The van der Waals surface area contributed by atoms with E-state index in [4.69, 9.17) is 5.26 Å². The summed E-state index contributed by atoms with van der Waals surface area (Å²) in [6, 6.07) is 7.18. The van der Waals surface area contributed by atoms with Crippen molar-refractivity contribution in [1.82, 2.24) is 0 Å². The molecule has 0 saturated heterocycles. The van der Waals surface area contributed by atoms with Crippen molar-refractivity contribution in [2.75, 3.05) is 0 Å². The molecule has 11 heavy (non-hydrogen) atoms. The van der Waals surface area contributed by atoms with Gasteiger partial charge in [0.2, 0.25) is 0 Å². The van der Waals surface area contributed by atoms with Gasteiger partial charge in [0.15, 0.2) is 11.9 Å². The molecule has 56 valence electrons. The van der Waals surface area contributed by atoms with Crippen molar-refractivity contribution < 1.29 is 4.73 Å². The summed E-state index contributed by atoms with van der Waals surface area (Å²) in [6.07, 6.45) is 2.36. The molecule has 1 rings (SSSR count). The van der Waals surface area contributed by atoms with Crippen LogP contribution < -0.4 is 4.73 Å². The second-order valence-electron chi connectivity index (χ2n) is 2.18. The highest BCUT2D eigenvalue weighted by molar-refractivity contribution is 4.99. The number of nitriles is 1. The lowest BCUT2D eigenvalue weighted by Crippen LogP contribution is -2.30. The van der Waals surface area contributed by atoms with Crippen LogP contribution in [0, 0.1) is 16.5 Å². The predicted molar refractivity (Wildman–Crippen MR) is 39.3 cm³/mol. The van der Waals surface area contributed by atoms with E-state index < -0.39 is 0 Å². The van der Waals surface area contributed by atoms with E-state index in [0.717, 1.165) is 4.73 Å². The summed E-state index contributed by atoms with van der Waals surface area (Å²) in [5.41, 5.74) is 0.647. The molecule has 1 heterocycles. The van der Waals surface area contributed by atoms with Gasteiger partial charge < -0.3 is 5.21 Å². The van der Waals surface area contributed by atoms with Crippen molar-refractivity contribution in [2.24, 2.45) is 0 Å². The number of pyridine rings is 1. The van der Waals surface area contributed by atoms with Gasteiger partial charge in [0, 0.05) is 25.0 Å². The third-order valence-corrected chi connectivity index (χ3v) is 1.40. The Hall–Kier alpha value is -1.56. The van der Waals surface area contributed by atoms with E-state index in [9.17, 15) is 5.21 Å². The molecule has 0 aliphatic heterocycles. The molecular formula is C8H8N2O. The van der Waals surface area contributed by atoms with Gasteiger partial charge in [-0.05, 0) is 0 Å². The second-order valence-corrected chi connectivity index (χ2v) is 2.18. The quantitative estimate of drug-likeness (QED) is 0.459. The van der Waals surface area contributed by atoms with E-state index in [1.54, 1.807) is 18.2 Å². The van der Waals surface area contributed by atoms with Gasteiger partial charge in [-0.15, -0.1) is 0 Å². The monoisotopic (exact) mass is 148 g/mol. The van der Waals surface area contributed by atoms with Crippen molar-refractivity contribution >= 4 is 0 Å². The summed E-state index contributed by atoms with van der Waals surface area (Å²) in [4.78, 5) is 0. The maximum Gasteiger partial charge on any atom is 0.193 e. The van der Waals surface area contributed by atoms with Crippen LogP contribution in [0.15, 0.2) is 24.4 Å². The number of nitrogens with zero attached hydrogens (tertiary/aromatic N) is 2. The van der Waals surface area contributed by atoms with Crippen LogP contribution in [0.5, 0.6) is 0 Å². The molecule has 1 aromatic heterocycles. The summed E-state index contributed by atoms with van der Waals surface area (Å²) >= 11 is 0. The molecule has 0 aromatic carbocycles. The lowest BCUT2D eigenvalue weighted by Gasteiger charge is -1.99. The first-order valence-electron chi connectivity index (χ1n) is 3.38. The van der Waals surface area contributed by atoms with E-state index in [0.29, 0.717) is 18.5 Å². The molecule has 0 bridgehead atoms. The lowest BCUT2D eigenvalue weighted by molar-refractivity contribution is -0.614. The van der Waals surface area contributed by atoms with Gasteiger partial charge in [0.25, 0.3) is 0 Å². The molecule has 0 N–H and O–H groups in total. The standard InChI is InChI=1S/C8H8N2O/c9-6-3-5-8-4-1-2-7-10(8)11/h1-2,4,7H,3,5H2. The van der Waals surface area contributed by atoms with Crippen molar-refractivity contribution in [1.29, 1.82) is 5.26 Å². The molecule has 3 heteroatoms. The highest BCUT2D eigenvalue weighted by Crippen LogP contribution is 1.94. The van der Waals surface area contributed by atoms with Gasteiger partial charge in [-0.2, -0.15) is 9.99 Å². The van der Waals surface area contributed by atoms with Gasteiger partial charge in [-0.1, -0.05) is 6.07 Å². The van der Waals surface area contributed by atoms with E-state index in [1.807, 2.05) is 6.07 Å². The highest BCUT2D eigenvalue weighted by atomic mass is 16.5. The molecule has 0 unspecified atom stereocenters. The minimum Gasteiger partial charge on any atom is -0.619 e. The summed E-state index contributed by atoms with van der Waals surface area (Å²) in [7, 11) is 0. The summed E-state index contributed by atoms with van der Waals surface area (Å²) < 4.78 is 0.789. The molecule has 0 aliphatic carbocycles. The number of hydrogen-bond donors (Lipinski definition) is 0. The molecule has 0 fully saturated rings. The van der Waals surface area contributed by atoms with Crippen molar-refractivity contribution in [2.45, 2.75) is 12.8 Å². The van der Waals surface area contributed by atoms with Crippen molar-refractivity contribution in [3.8, 4) is 6.07 Å². The number of hydrogen-bond acceptors (Lipinski definition) is 2. The fraction of sp³-hybridized carbons (Fsp3) is 0.250. The molecule has 1 aromatic rings. The minimum atomic E-state index is 0.395. The van der Waals surface area contributed by atoms with Gasteiger partial charge in [-0.3, -0.25) is 0 Å². The van der Waals surface area contributed by atoms with E-state index in [2.05, 4.69) is 0 Å². The Bertz CT molecular complexity index is 278. The molecular weight excluding hydrogens is 140 g/mol. The second kappa shape index (κ2) is 3.57. The number of aryl methyl sites for hydroxylation is 1. The Kier molecular flexibility index (Phi) is 2.45. The maximum absolute atomic E-state index is 10.9. The smallest absolute Gasteiger partial charge is 0.193 e. The van der Waals surface area contributed by atoms with E-state index >= 15 is 0 Å². The van der Waals surface area contributed by atoms with Crippen LogP contribution in [-0.4, -0.2) is 0 Å². The molecule has 0 radical (unpaired) electrons. The third kappa shape index (κ3) is 1.94. The van der Waals surface area contributed by atoms with Crippen molar-refractivity contribution in [3.63, 3.8) is 0 Å². The summed E-state index contributed by atoms with van der Waals surface area (Å²) in [6.45, 7) is 0. The molecule has 3 nitrogen and oxygen atoms in total. The molecule has 0 atom stereocenters. The Morgan fingerprint density at radius 1 is 1.55 bits per heavy atom. The van der Waals surface area contributed by atoms with Crippen LogP contribution in [0.3, 0.4) is 0 Å². The van der Waals surface area contributed by atoms with Gasteiger partial charge >= 0.3 is 0 Å². The van der Waals surface area contributed by atoms with Gasteiger partial charge in [0.05, 0.1) is 6.07 Å². The SMILES string of the molecule is N#CCCc1cccc[n+]1[O-]. The van der Waals surface area contributed by atoms with Crippen LogP contribution in [0.2, 0.25) is 0 Å². The van der Waals surface area contributed by atoms with E-state index in [-0.39, 0.29) is 0 Å². The number of rotatable bonds is 2. The Morgan fingerprint density at radius 2 is 2.36 bits per heavy atom. The first-order valence-corrected chi connectivity index (χ1v) is 3.38. The average Bonchev–Trinajstić information content (AvgIpc) is 2.03. The van der Waals surface area contributed by atoms with Crippen LogP contribution >= 0.6 is 0 Å². The summed E-state index contributed by atoms with van der Waals surface area (Å²) in [5, 5.41) is 19.2. The zero-order valence-electron chi connectivity index (χ0n) is 6.03. The Labute approximate surface area is 65.1 Å². The van der Waals surface area contributed by atoms with Gasteiger partial charge in [0.1, 0.15) is 0 Å². The van der Waals surface area contributed by atoms with Crippen molar-refractivity contribution in [3.05, 3.63) is 35.3 Å². The first kappa shape index (κ1) is 7.55. The third-order valence-electron chi connectivity index (χ3n) is 1.40. The molecule has 0 amide bonds. The lowest BCUT2D eigenvalue weighted by atomic mass is 10.2. The van der Waals surface area contributed by atoms with Crippen LogP contribution in [0.4, 0.5) is 0 Å². The summed E-state index contributed by atoms with van der Waals surface area (Å²) in [5.74, 6) is 0. The Morgan fingerprint density at radius 3 is 3.00 bits per heavy atom. The Balaban J connectivity index is 2.71. The van der Waals surface area contributed by atoms with Gasteiger partial charge in [-0.25, -0.2) is 0 Å². The van der Waals surface area contributed by atoms with Crippen LogP contribution in [0.25, 0.3) is 0 Å². The number of aromatic nitrogens is 1. The fourth-order valence-electron chi connectivity index (χ4n) is 0.841. The average molecular weight is 148 g/mol. The minimum absolute atomic E-state index is 0.395. The van der Waals surface area contributed by atoms with Crippen LogP contribution in [0.1, 0.15) is 12.1 Å². The highest BCUT2D eigenvalue weighted by Gasteiger charge is 2.00. The zero-order valence-corrected chi connectivity index (χ0v) is 6.03. The maximum atomic E-state index is 10.9. The zero-order chi connectivity index (χ0) is 8.10. The predicted octanol–water partition coefficient (Wildman–Crippen LogP) is 0.776. The largest absolute Gasteiger partial charge is 0.619 e.